The minimum atomic E-state index is -0.649. The van der Waals surface area contributed by atoms with E-state index < -0.39 is 5.60 Å². The Morgan fingerprint density at radius 1 is 1.56 bits per heavy atom. The van der Waals surface area contributed by atoms with Crippen LogP contribution in [0.1, 0.15) is 32.1 Å². The van der Waals surface area contributed by atoms with Crippen molar-refractivity contribution in [2.45, 2.75) is 45.4 Å². The molecule has 0 saturated heterocycles. The molecular weight excluding hydrogens is 246 g/mol. The minimum Gasteiger partial charge on any atom is -0.388 e. The minimum absolute atomic E-state index is 0.175. The molecule has 2 N–H and O–H groups in total. The zero-order chi connectivity index (χ0) is 13.2. The fourth-order valence-corrected chi connectivity index (χ4v) is 3.24. The SMILES string of the molecule is CCO[C@@H]1C[C@@](O)(CNCc2cccs2)C1(C)C. The predicted molar refractivity (Wildman–Crippen MR) is 74.8 cm³/mol. The standard InChI is InChI=1S/C14H23NO2S/c1-4-17-12-8-14(16,13(12,2)3)10-15-9-11-6-5-7-18-11/h5-7,12,15-16H,4,8-10H2,1-3H3/t12-,14-/m1/s1. The largest absolute Gasteiger partial charge is 0.388 e. The van der Waals surface area contributed by atoms with Crippen molar-refractivity contribution in [1.29, 1.82) is 0 Å². The summed E-state index contributed by atoms with van der Waals surface area (Å²) in [6.07, 6.45) is 0.904. The highest BCUT2D eigenvalue weighted by molar-refractivity contribution is 7.09. The first-order valence-corrected chi connectivity index (χ1v) is 7.44. The molecular formula is C14H23NO2S. The average molecular weight is 269 g/mol. The van der Waals surface area contributed by atoms with E-state index in [0.717, 1.165) is 13.0 Å². The molecule has 0 amide bonds. The van der Waals surface area contributed by atoms with Crippen molar-refractivity contribution in [3.05, 3.63) is 22.4 Å². The van der Waals surface area contributed by atoms with Crippen molar-refractivity contribution < 1.29 is 9.84 Å². The molecule has 18 heavy (non-hydrogen) atoms. The van der Waals surface area contributed by atoms with E-state index in [9.17, 15) is 5.11 Å². The van der Waals surface area contributed by atoms with Gasteiger partial charge in [-0.05, 0) is 18.4 Å². The summed E-state index contributed by atoms with van der Waals surface area (Å²) in [7, 11) is 0. The fourth-order valence-electron chi connectivity index (χ4n) is 2.57. The molecule has 1 aromatic heterocycles. The van der Waals surface area contributed by atoms with Crippen LogP contribution in [0.15, 0.2) is 17.5 Å². The van der Waals surface area contributed by atoms with E-state index in [0.29, 0.717) is 13.2 Å². The molecule has 0 radical (unpaired) electrons. The number of nitrogens with one attached hydrogen (secondary N) is 1. The lowest BCUT2D eigenvalue weighted by Gasteiger charge is -2.58. The van der Waals surface area contributed by atoms with Crippen LogP contribution in [-0.4, -0.2) is 30.0 Å². The van der Waals surface area contributed by atoms with Crippen LogP contribution in [0.2, 0.25) is 0 Å². The van der Waals surface area contributed by atoms with Crippen LogP contribution in [0.5, 0.6) is 0 Å². The van der Waals surface area contributed by atoms with Crippen molar-refractivity contribution in [2.24, 2.45) is 5.41 Å². The quantitative estimate of drug-likeness (QED) is 0.833. The third-order valence-corrected chi connectivity index (χ3v) is 5.07. The van der Waals surface area contributed by atoms with Gasteiger partial charge in [0.1, 0.15) is 0 Å². The van der Waals surface area contributed by atoms with Crippen molar-refractivity contribution in [3.63, 3.8) is 0 Å². The second-order valence-electron chi connectivity index (χ2n) is 5.58. The molecule has 3 nitrogen and oxygen atoms in total. The summed E-state index contributed by atoms with van der Waals surface area (Å²) < 4.78 is 5.66. The van der Waals surface area contributed by atoms with Gasteiger partial charge in [-0.2, -0.15) is 0 Å². The fraction of sp³-hybridized carbons (Fsp3) is 0.714. The summed E-state index contributed by atoms with van der Waals surface area (Å²) in [4.78, 5) is 1.30. The lowest BCUT2D eigenvalue weighted by atomic mass is 9.56. The highest BCUT2D eigenvalue weighted by Gasteiger charge is 2.59. The summed E-state index contributed by atoms with van der Waals surface area (Å²) in [6, 6.07) is 4.16. The summed E-state index contributed by atoms with van der Waals surface area (Å²) in [6.45, 7) is 8.35. The molecule has 102 valence electrons. The van der Waals surface area contributed by atoms with Crippen LogP contribution < -0.4 is 5.32 Å². The van der Waals surface area contributed by atoms with Gasteiger partial charge in [-0.1, -0.05) is 19.9 Å². The van der Waals surface area contributed by atoms with E-state index in [1.807, 2.05) is 6.92 Å². The van der Waals surface area contributed by atoms with Crippen molar-refractivity contribution in [1.82, 2.24) is 5.32 Å². The summed E-state index contributed by atoms with van der Waals surface area (Å²) >= 11 is 1.74. The van der Waals surface area contributed by atoms with E-state index in [-0.39, 0.29) is 11.5 Å². The molecule has 0 aliphatic heterocycles. The normalized spacial score (nSPS) is 30.1. The van der Waals surface area contributed by atoms with E-state index in [2.05, 4.69) is 36.7 Å². The van der Waals surface area contributed by atoms with Gasteiger partial charge in [0.2, 0.25) is 0 Å². The van der Waals surface area contributed by atoms with Gasteiger partial charge < -0.3 is 15.2 Å². The Kier molecular flexibility index (Phi) is 4.11. The first-order valence-electron chi connectivity index (χ1n) is 6.56. The second-order valence-corrected chi connectivity index (χ2v) is 6.62. The molecule has 2 rings (SSSR count). The predicted octanol–water partition coefficient (Wildman–Crippen LogP) is 2.40. The van der Waals surface area contributed by atoms with Crippen LogP contribution in [0.25, 0.3) is 0 Å². The summed E-state index contributed by atoms with van der Waals surface area (Å²) in [5.41, 5.74) is -0.824. The van der Waals surface area contributed by atoms with E-state index in [1.54, 1.807) is 11.3 Å². The lowest BCUT2D eigenvalue weighted by molar-refractivity contribution is -0.238. The van der Waals surface area contributed by atoms with Gasteiger partial charge in [-0.3, -0.25) is 0 Å². The Labute approximate surface area is 113 Å². The molecule has 1 aliphatic rings. The Morgan fingerprint density at radius 3 is 2.89 bits per heavy atom. The highest BCUT2D eigenvalue weighted by atomic mass is 32.1. The molecule has 0 spiro atoms. The molecule has 0 unspecified atom stereocenters. The molecule has 1 fully saturated rings. The van der Waals surface area contributed by atoms with Crippen molar-refractivity contribution in [3.8, 4) is 0 Å². The Bertz CT molecular complexity index is 377. The van der Waals surface area contributed by atoms with Crippen molar-refractivity contribution in [2.75, 3.05) is 13.2 Å². The number of hydrogen-bond acceptors (Lipinski definition) is 4. The lowest BCUT2D eigenvalue weighted by Crippen LogP contribution is -2.68. The maximum absolute atomic E-state index is 10.6. The molecule has 2 atom stereocenters. The molecule has 0 aromatic carbocycles. The van der Waals surface area contributed by atoms with Gasteiger partial charge in [-0.15, -0.1) is 11.3 Å². The third-order valence-electron chi connectivity index (χ3n) is 4.19. The van der Waals surface area contributed by atoms with Crippen LogP contribution in [0.3, 0.4) is 0 Å². The smallest absolute Gasteiger partial charge is 0.0871 e. The molecule has 1 aromatic rings. The van der Waals surface area contributed by atoms with Gasteiger partial charge in [0, 0.05) is 36.4 Å². The number of rotatable bonds is 6. The van der Waals surface area contributed by atoms with E-state index in [1.165, 1.54) is 4.88 Å². The average Bonchev–Trinajstić information content (AvgIpc) is 2.82. The van der Waals surface area contributed by atoms with Gasteiger partial charge in [0.25, 0.3) is 0 Å². The maximum atomic E-state index is 10.6. The van der Waals surface area contributed by atoms with Crippen LogP contribution in [0.4, 0.5) is 0 Å². The van der Waals surface area contributed by atoms with Crippen molar-refractivity contribution >= 4 is 11.3 Å². The summed E-state index contributed by atoms with van der Waals surface area (Å²) in [5.74, 6) is 0. The topological polar surface area (TPSA) is 41.5 Å². The monoisotopic (exact) mass is 269 g/mol. The molecule has 0 bridgehead atoms. The number of hydrogen-bond donors (Lipinski definition) is 2. The third kappa shape index (κ3) is 2.48. The number of aliphatic hydroxyl groups is 1. The van der Waals surface area contributed by atoms with E-state index >= 15 is 0 Å². The second kappa shape index (κ2) is 5.29. The van der Waals surface area contributed by atoms with Crippen LogP contribution >= 0.6 is 11.3 Å². The first-order chi connectivity index (χ1) is 8.49. The van der Waals surface area contributed by atoms with Gasteiger partial charge in [0.15, 0.2) is 0 Å². The molecule has 4 heteroatoms. The van der Waals surface area contributed by atoms with Gasteiger partial charge >= 0.3 is 0 Å². The van der Waals surface area contributed by atoms with Gasteiger partial charge in [-0.25, -0.2) is 0 Å². The molecule has 1 saturated carbocycles. The van der Waals surface area contributed by atoms with Crippen LogP contribution in [0, 0.1) is 5.41 Å². The molecule has 1 aliphatic carbocycles. The Hall–Kier alpha value is -0.420. The van der Waals surface area contributed by atoms with Crippen LogP contribution in [-0.2, 0) is 11.3 Å². The van der Waals surface area contributed by atoms with E-state index in [4.69, 9.17) is 4.74 Å². The first kappa shape index (κ1) is 14.0. The maximum Gasteiger partial charge on any atom is 0.0871 e. The van der Waals surface area contributed by atoms with Gasteiger partial charge in [0.05, 0.1) is 11.7 Å². The Balaban J connectivity index is 1.82. The number of thiophene rings is 1. The zero-order valence-corrected chi connectivity index (χ0v) is 12.2. The zero-order valence-electron chi connectivity index (χ0n) is 11.4. The number of ether oxygens (including phenoxy) is 1. The highest BCUT2D eigenvalue weighted by Crippen LogP contribution is 2.50. The summed E-state index contributed by atoms with van der Waals surface area (Å²) in [5, 5.41) is 16.1. The Morgan fingerprint density at radius 2 is 2.33 bits per heavy atom. The molecule has 1 heterocycles.